The summed E-state index contributed by atoms with van der Waals surface area (Å²) in [5, 5.41) is 8.60. The SMILES string of the molecule is CS(=O)(=O)Oc1ccc(CC(=O)O)cc1Cl. The Morgan fingerprint density at radius 3 is 2.56 bits per heavy atom. The maximum Gasteiger partial charge on any atom is 0.307 e. The zero-order chi connectivity index (χ0) is 12.3. The van der Waals surface area contributed by atoms with Gasteiger partial charge in [0.2, 0.25) is 0 Å². The number of carbonyl (C=O) groups is 1. The number of benzene rings is 1. The molecule has 0 spiro atoms. The van der Waals surface area contributed by atoms with Crippen LogP contribution in [0.2, 0.25) is 5.02 Å². The Hall–Kier alpha value is -1.27. The minimum Gasteiger partial charge on any atom is -0.481 e. The lowest BCUT2D eigenvalue weighted by molar-refractivity contribution is -0.136. The molecule has 1 N–H and O–H groups in total. The van der Waals surface area contributed by atoms with Gasteiger partial charge in [0.15, 0.2) is 5.75 Å². The Morgan fingerprint density at radius 1 is 1.50 bits per heavy atom. The van der Waals surface area contributed by atoms with Crippen molar-refractivity contribution in [2.24, 2.45) is 0 Å². The highest BCUT2D eigenvalue weighted by Crippen LogP contribution is 2.26. The van der Waals surface area contributed by atoms with Crippen LogP contribution in [-0.4, -0.2) is 25.7 Å². The first-order valence-electron chi connectivity index (χ1n) is 4.17. The molecule has 0 saturated carbocycles. The van der Waals surface area contributed by atoms with Crippen LogP contribution >= 0.6 is 11.6 Å². The van der Waals surface area contributed by atoms with Crippen LogP contribution in [0.25, 0.3) is 0 Å². The average Bonchev–Trinajstić information content (AvgIpc) is 2.06. The second kappa shape index (κ2) is 4.71. The van der Waals surface area contributed by atoms with Crippen molar-refractivity contribution in [3.63, 3.8) is 0 Å². The molecule has 88 valence electrons. The van der Waals surface area contributed by atoms with E-state index in [1.54, 1.807) is 0 Å². The van der Waals surface area contributed by atoms with Crippen molar-refractivity contribution in [3.05, 3.63) is 28.8 Å². The van der Waals surface area contributed by atoms with Gasteiger partial charge in [-0.1, -0.05) is 17.7 Å². The van der Waals surface area contributed by atoms with Gasteiger partial charge in [-0.3, -0.25) is 4.79 Å². The Morgan fingerprint density at radius 2 is 2.12 bits per heavy atom. The zero-order valence-corrected chi connectivity index (χ0v) is 9.88. The van der Waals surface area contributed by atoms with Crippen molar-refractivity contribution in [1.82, 2.24) is 0 Å². The molecule has 0 aliphatic carbocycles. The molecule has 0 fully saturated rings. The normalized spacial score (nSPS) is 11.1. The Kier molecular flexibility index (Phi) is 3.77. The molecule has 0 bridgehead atoms. The lowest BCUT2D eigenvalue weighted by Gasteiger charge is -2.06. The van der Waals surface area contributed by atoms with Crippen molar-refractivity contribution >= 4 is 27.7 Å². The van der Waals surface area contributed by atoms with E-state index in [1.807, 2.05) is 0 Å². The van der Waals surface area contributed by atoms with E-state index < -0.39 is 16.1 Å². The molecule has 0 aromatic heterocycles. The van der Waals surface area contributed by atoms with Gasteiger partial charge in [-0.2, -0.15) is 8.42 Å². The van der Waals surface area contributed by atoms with Gasteiger partial charge in [0.05, 0.1) is 17.7 Å². The first-order chi connectivity index (χ1) is 7.28. The van der Waals surface area contributed by atoms with Crippen LogP contribution in [0.5, 0.6) is 5.75 Å². The zero-order valence-electron chi connectivity index (χ0n) is 8.31. The standard InChI is InChI=1S/C9H9ClO5S/c1-16(13,14)15-8-3-2-6(4-7(8)10)5-9(11)12/h2-4H,5H2,1H3,(H,11,12). The molecule has 7 heteroatoms. The number of carboxylic acid groups (broad SMARTS) is 1. The largest absolute Gasteiger partial charge is 0.481 e. The van der Waals surface area contributed by atoms with Crippen LogP contribution in [0.3, 0.4) is 0 Å². The highest BCUT2D eigenvalue weighted by molar-refractivity contribution is 7.86. The third-order valence-electron chi connectivity index (χ3n) is 1.59. The Labute approximate surface area is 97.7 Å². The van der Waals surface area contributed by atoms with E-state index in [2.05, 4.69) is 4.18 Å². The molecule has 0 aliphatic rings. The highest BCUT2D eigenvalue weighted by atomic mass is 35.5. The monoisotopic (exact) mass is 264 g/mol. The summed E-state index contributed by atoms with van der Waals surface area (Å²) in [6.07, 6.45) is 0.716. The van der Waals surface area contributed by atoms with Gasteiger partial charge in [0.1, 0.15) is 0 Å². The van der Waals surface area contributed by atoms with Crippen LogP contribution in [0.1, 0.15) is 5.56 Å². The van der Waals surface area contributed by atoms with Gasteiger partial charge < -0.3 is 9.29 Å². The summed E-state index contributed by atoms with van der Waals surface area (Å²) >= 11 is 5.74. The van der Waals surface area contributed by atoms with Crippen molar-refractivity contribution in [2.45, 2.75) is 6.42 Å². The van der Waals surface area contributed by atoms with Crippen molar-refractivity contribution in [3.8, 4) is 5.75 Å². The van der Waals surface area contributed by atoms with E-state index in [0.29, 0.717) is 5.56 Å². The third kappa shape index (κ3) is 4.08. The van der Waals surface area contributed by atoms with Gasteiger partial charge >= 0.3 is 16.1 Å². The number of halogens is 1. The van der Waals surface area contributed by atoms with E-state index in [-0.39, 0.29) is 17.2 Å². The Bertz CT molecular complexity index is 509. The van der Waals surface area contributed by atoms with Gasteiger partial charge in [-0.25, -0.2) is 0 Å². The topological polar surface area (TPSA) is 80.7 Å². The molecular formula is C9H9ClO5S. The average molecular weight is 265 g/mol. The number of rotatable bonds is 4. The van der Waals surface area contributed by atoms with Crippen LogP contribution in [0, 0.1) is 0 Å². The lowest BCUT2D eigenvalue weighted by atomic mass is 10.1. The van der Waals surface area contributed by atoms with E-state index in [9.17, 15) is 13.2 Å². The number of aliphatic carboxylic acids is 1. The summed E-state index contributed by atoms with van der Waals surface area (Å²) in [6.45, 7) is 0. The van der Waals surface area contributed by atoms with Crippen LogP contribution in [-0.2, 0) is 21.3 Å². The molecule has 0 heterocycles. The summed E-state index contributed by atoms with van der Waals surface area (Å²) in [7, 11) is -3.64. The third-order valence-corrected chi connectivity index (χ3v) is 2.37. The molecule has 1 rings (SSSR count). The highest BCUT2D eigenvalue weighted by Gasteiger charge is 2.10. The molecule has 0 atom stereocenters. The fraction of sp³-hybridized carbons (Fsp3) is 0.222. The molecule has 0 aliphatic heterocycles. The predicted octanol–water partition coefficient (Wildman–Crippen LogP) is 1.31. The molecule has 5 nitrogen and oxygen atoms in total. The van der Waals surface area contributed by atoms with E-state index in [4.69, 9.17) is 16.7 Å². The van der Waals surface area contributed by atoms with E-state index >= 15 is 0 Å². The summed E-state index contributed by atoms with van der Waals surface area (Å²) < 4.78 is 26.3. The van der Waals surface area contributed by atoms with Gasteiger partial charge in [-0.05, 0) is 17.7 Å². The molecule has 0 unspecified atom stereocenters. The van der Waals surface area contributed by atoms with Gasteiger partial charge in [0.25, 0.3) is 0 Å². The second-order valence-corrected chi connectivity index (χ2v) is 5.10. The molecule has 0 amide bonds. The lowest BCUT2D eigenvalue weighted by Crippen LogP contribution is -2.06. The summed E-state index contributed by atoms with van der Waals surface area (Å²) in [6, 6.07) is 4.12. The van der Waals surface area contributed by atoms with Crippen molar-refractivity contribution < 1.29 is 22.5 Å². The summed E-state index contributed by atoms with van der Waals surface area (Å²) in [5.74, 6) is -1.01. The number of hydrogen-bond donors (Lipinski definition) is 1. The molecule has 1 aromatic rings. The van der Waals surface area contributed by atoms with Crippen LogP contribution < -0.4 is 4.18 Å². The van der Waals surface area contributed by atoms with Crippen molar-refractivity contribution in [2.75, 3.05) is 6.26 Å². The van der Waals surface area contributed by atoms with Gasteiger partial charge in [0, 0.05) is 0 Å². The molecule has 1 aromatic carbocycles. The second-order valence-electron chi connectivity index (χ2n) is 3.12. The molecule has 16 heavy (non-hydrogen) atoms. The maximum absolute atomic E-state index is 10.8. The Balaban J connectivity index is 2.96. The summed E-state index contributed by atoms with van der Waals surface area (Å²) in [4.78, 5) is 10.4. The molecular weight excluding hydrogens is 256 g/mol. The van der Waals surface area contributed by atoms with Crippen LogP contribution in [0.15, 0.2) is 18.2 Å². The molecule has 0 saturated heterocycles. The van der Waals surface area contributed by atoms with Gasteiger partial charge in [-0.15, -0.1) is 0 Å². The first-order valence-corrected chi connectivity index (χ1v) is 6.37. The molecule has 0 radical (unpaired) electrons. The van der Waals surface area contributed by atoms with E-state index in [0.717, 1.165) is 6.26 Å². The quantitative estimate of drug-likeness (QED) is 0.829. The summed E-state index contributed by atoms with van der Waals surface area (Å²) in [5.41, 5.74) is 0.471. The fourth-order valence-corrected chi connectivity index (χ4v) is 1.82. The number of hydrogen-bond acceptors (Lipinski definition) is 4. The minimum absolute atomic E-state index is 0.0155. The first kappa shape index (κ1) is 12.8. The van der Waals surface area contributed by atoms with E-state index in [1.165, 1.54) is 18.2 Å². The maximum atomic E-state index is 10.8. The van der Waals surface area contributed by atoms with Crippen LogP contribution in [0.4, 0.5) is 0 Å². The van der Waals surface area contributed by atoms with Crippen molar-refractivity contribution in [1.29, 1.82) is 0 Å². The number of carboxylic acids is 1. The predicted molar refractivity (Wildman–Crippen MR) is 58.3 cm³/mol. The smallest absolute Gasteiger partial charge is 0.307 e. The fourth-order valence-electron chi connectivity index (χ4n) is 1.06. The minimum atomic E-state index is -3.64.